The van der Waals surface area contributed by atoms with Crippen LogP contribution in [0.4, 0.5) is 5.82 Å². The van der Waals surface area contributed by atoms with Crippen molar-refractivity contribution in [3.63, 3.8) is 0 Å². The lowest BCUT2D eigenvalue weighted by molar-refractivity contribution is -0.119. The van der Waals surface area contributed by atoms with Gasteiger partial charge in [-0.3, -0.25) is 14.5 Å². The predicted molar refractivity (Wildman–Crippen MR) is 95.4 cm³/mol. The fourth-order valence-corrected chi connectivity index (χ4v) is 3.71. The minimum Gasteiger partial charge on any atom is -0.364 e. The highest BCUT2D eigenvalue weighted by molar-refractivity contribution is 5.96. The van der Waals surface area contributed by atoms with Crippen LogP contribution < -0.4 is 10.6 Å². The zero-order chi connectivity index (χ0) is 17.4. The molecule has 4 rings (SSSR count). The first-order chi connectivity index (χ1) is 12.1. The molecule has 0 radical (unpaired) electrons. The van der Waals surface area contributed by atoms with Crippen molar-refractivity contribution in [1.82, 2.24) is 4.98 Å². The molecular weight excluding hydrogens is 314 g/mol. The molecule has 0 saturated heterocycles. The summed E-state index contributed by atoms with van der Waals surface area (Å²) in [7, 11) is 0. The van der Waals surface area contributed by atoms with Gasteiger partial charge in [0.15, 0.2) is 0 Å². The third-order valence-corrected chi connectivity index (χ3v) is 5.32. The maximum absolute atomic E-state index is 13.0. The molecule has 1 aliphatic carbocycles. The third kappa shape index (κ3) is 2.90. The van der Waals surface area contributed by atoms with Crippen molar-refractivity contribution < 1.29 is 9.59 Å². The van der Waals surface area contributed by atoms with Gasteiger partial charge in [0, 0.05) is 18.4 Å². The fraction of sp³-hybridized carbons (Fsp3) is 0.350. The number of carbonyl (C=O) groups is 2. The molecule has 0 bridgehead atoms. The van der Waals surface area contributed by atoms with Crippen molar-refractivity contribution >= 4 is 17.6 Å². The minimum atomic E-state index is -0.566. The maximum Gasteiger partial charge on any atom is 0.267 e. The van der Waals surface area contributed by atoms with Crippen LogP contribution in [0.15, 0.2) is 42.5 Å². The van der Waals surface area contributed by atoms with Gasteiger partial charge in [0.05, 0.1) is 0 Å². The summed E-state index contributed by atoms with van der Waals surface area (Å²) in [4.78, 5) is 30.6. The van der Waals surface area contributed by atoms with Gasteiger partial charge in [-0.2, -0.15) is 0 Å². The Morgan fingerprint density at radius 2 is 1.88 bits per heavy atom. The highest BCUT2D eigenvalue weighted by Gasteiger charge is 2.46. The highest BCUT2D eigenvalue weighted by atomic mass is 16.2. The van der Waals surface area contributed by atoms with Crippen molar-refractivity contribution in [2.24, 2.45) is 5.73 Å². The number of hydrogen-bond acceptors (Lipinski definition) is 3. The maximum atomic E-state index is 13.0. The van der Waals surface area contributed by atoms with E-state index in [0.29, 0.717) is 18.8 Å². The lowest BCUT2D eigenvalue weighted by Crippen LogP contribution is -2.38. The Bertz CT molecular complexity index is 828. The van der Waals surface area contributed by atoms with Crippen molar-refractivity contribution in [3.05, 3.63) is 59.3 Å². The summed E-state index contributed by atoms with van der Waals surface area (Å²) in [6.07, 6.45) is 4.35. The van der Waals surface area contributed by atoms with E-state index in [1.54, 1.807) is 11.0 Å². The number of aromatic nitrogens is 1. The number of primary amides is 1. The molecule has 2 aliphatic rings. The normalized spacial score (nSPS) is 17.7. The first-order valence-electron chi connectivity index (χ1n) is 8.75. The lowest BCUT2D eigenvalue weighted by Gasteiger charge is -2.30. The predicted octanol–water partition coefficient (Wildman–Crippen LogP) is 2.58. The van der Waals surface area contributed by atoms with Crippen LogP contribution in [-0.4, -0.2) is 23.3 Å². The Kier molecular flexibility index (Phi) is 3.79. The van der Waals surface area contributed by atoms with Crippen LogP contribution in [0.1, 0.15) is 47.3 Å². The summed E-state index contributed by atoms with van der Waals surface area (Å²) in [6.45, 7) is 0.645. The zero-order valence-corrected chi connectivity index (χ0v) is 14.1. The molecule has 0 atom stereocenters. The molecule has 2 heterocycles. The average molecular weight is 335 g/mol. The molecule has 25 heavy (non-hydrogen) atoms. The number of pyridine rings is 1. The lowest BCUT2D eigenvalue weighted by atomic mass is 9.91. The van der Waals surface area contributed by atoms with Gasteiger partial charge >= 0.3 is 0 Å². The van der Waals surface area contributed by atoms with Crippen molar-refractivity contribution in [2.45, 2.75) is 37.5 Å². The van der Waals surface area contributed by atoms with Gasteiger partial charge in [-0.15, -0.1) is 0 Å². The average Bonchev–Trinajstić information content (AvgIpc) is 3.42. The molecule has 0 spiro atoms. The van der Waals surface area contributed by atoms with Gasteiger partial charge in [-0.25, -0.2) is 4.98 Å². The molecule has 2 N–H and O–H groups in total. The van der Waals surface area contributed by atoms with E-state index >= 15 is 0 Å². The quantitative estimate of drug-likeness (QED) is 0.933. The van der Waals surface area contributed by atoms with E-state index in [0.717, 1.165) is 31.2 Å². The summed E-state index contributed by atoms with van der Waals surface area (Å²) in [5, 5.41) is 0. The molecule has 0 unspecified atom stereocenters. The Morgan fingerprint density at radius 1 is 1.12 bits per heavy atom. The number of amides is 2. The first-order valence-corrected chi connectivity index (χ1v) is 8.75. The number of carbonyl (C=O) groups excluding carboxylic acids is 2. The smallest absolute Gasteiger partial charge is 0.267 e. The molecule has 1 fully saturated rings. The Labute approximate surface area is 146 Å². The highest BCUT2D eigenvalue weighted by Crippen LogP contribution is 2.51. The number of anilines is 1. The van der Waals surface area contributed by atoms with E-state index < -0.39 is 5.91 Å². The van der Waals surface area contributed by atoms with E-state index in [1.165, 1.54) is 5.56 Å². The van der Waals surface area contributed by atoms with Crippen molar-refractivity contribution in [2.75, 3.05) is 11.4 Å². The molecule has 2 aromatic rings. The van der Waals surface area contributed by atoms with E-state index in [9.17, 15) is 9.59 Å². The molecule has 5 nitrogen and oxygen atoms in total. The number of aryl methyl sites for hydroxylation is 1. The van der Waals surface area contributed by atoms with Crippen LogP contribution in [0.2, 0.25) is 0 Å². The van der Waals surface area contributed by atoms with Crippen LogP contribution in [-0.2, 0) is 16.6 Å². The molecule has 1 saturated carbocycles. The zero-order valence-electron chi connectivity index (χ0n) is 14.1. The third-order valence-electron chi connectivity index (χ3n) is 5.32. The van der Waals surface area contributed by atoms with E-state index in [4.69, 9.17) is 5.73 Å². The second-order valence-electron chi connectivity index (χ2n) is 7.02. The van der Waals surface area contributed by atoms with Gasteiger partial charge in [0.1, 0.15) is 11.5 Å². The molecule has 1 aromatic carbocycles. The summed E-state index contributed by atoms with van der Waals surface area (Å²) in [6, 6.07) is 13.8. The number of benzene rings is 1. The summed E-state index contributed by atoms with van der Waals surface area (Å²) in [5.74, 6) is 0.122. The standard InChI is InChI=1S/C20H21N3O2/c21-18(25)16-9-8-14-5-4-12-23(19(14)22-16)17(24)13-20(10-11-20)15-6-2-1-3-7-15/h1-3,6-9H,4-5,10-13H2,(H2,21,25). The molecule has 2 amide bonds. The van der Waals surface area contributed by atoms with Gasteiger partial charge in [-0.05, 0) is 42.9 Å². The summed E-state index contributed by atoms with van der Waals surface area (Å²) in [5.41, 5.74) is 7.78. The molecule has 1 aromatic heterocycles. The topological polar surface area (TPSA) is 76.3 Å². The largest absolute Gasteiger partial charge is 0.364 e. The van der Waals surface area contributed by atoms with Crippen LogP contribution in [0.5, 0.6) is 0 Å². The number of fused-ring (bicyclic) bond motifs is 1. The van der Waals surface area contributed by atoms with E-state index in [-0.39, 0.29) is 17.0 Å². The number of hydrogen-bond donors (Lipinski definition) is 1. The van der Waals surface area contributed by atoms with Crippen LogP contribution in [0.25, 0.3) is 0 Å². The van der Waals surface area contributed by atoms with Gasteiger partial charge in [-0.1, -0.05) is 36.4 Å². The first kappa shape index (κ1) is 15.8. The van der Waals surface area contributed by atoms with E-state index in [2.05, 4.69) is 17.1 Å². The van der Waals surface area contributed by atoms with Gasteiger partial charge in [0.25, 0.3) is 5.91 Å². The summed E-state index contributed by atoms with van der Waals surface area (Å²) < 4.78 is 0. The van der Waals surface area contributed by atoms with Crippen LogP contribution in [0.3, 0.4) is 0 Å². The van der Waals surface area contributed by atoms with E-state index in [1.807, 2.05) is 24.3 Å². The van der Waals surface area contributed by atoms with Crippen LogP contribution in [0, 0.1) is 0 Å². The Morgan fingerprint density at radius 3 is 2.56 bits per heavy atom. The number of rotatable bonds is 4. The van der Waals surface area contributed by atoms with Crippen molar-refractivity contribution in [1.29, 1.82) is 0 Å². The second-order valence-corrected chi connectivity index (χ2v) is 7.02. The number of nitrogens with two attached hydrogens (primary N) is 1. The van der Waals surface area contributed by atoms with Gasteiger partial charge < -0.3 is 5.73 Å². The van der Waals surface area contributed by atoms with Gasteiger partial charge in [0.2, 0.25) is 5.91 Å². The summed E-state index contributed by atoms with van der Waals surface area (Å²) >= 11 is 0. The monoisotopic (exact) mass is 335 g/mol. The molecule has 128 valence electrons. The van der Waals surface area contributed by atoms with Crippen molar-refractivity contribution in [3.8, 4) is 0 Å². The fourth-order valence-electron chi connectivity index (χ4n) is 3.71. The molecular formula is C20H21N3O2. The van der Waals surface area contributed by atoms with Crippen LogP contribution >= 0.6 is 0 Å². The number of nitrogens with zero attached hydrogens (tertiary/aromatic N) is 2. The molecule has 1 aliphatic heterocycles. The Balaban J connectivity index is 1.60. The minimum absolute atomic E-state index is 0.0305. The molecule has 5 heteroatoms. The SMILES string of the molecule is NC(=O)c1ccc2c(n1)N(C(=O)CC1(c3ccccc3)CC1)CCC2. The second kappa shape index (κ2) is 5.99. The Hall–Kier alpha value is -2.69.